The van der Waals surface area contributed by atoms with Crippen molar-refractivity contribution >= 4 is 8.46 Å². The van der Waals surface area contributed by atoms with Gasteiger partial charge in [-0.25, -0.2) is 0 Å². The Labute approximate surface area is 96.6 Å². The summed E-state index contributed by atoms with van der Waals surface area (Å²) in [6, 6.07) is 0. The first-order valence-corrected chi connectivity index (χ1v) is 6.40. The van der Waals surface area contributed by atoms with Crippen molar-refractivity contribution < 1.29 is 23.5 Å². The molecule has 0 spiro atoms. The lowest BCUT2D eigenvalue weighted by Gasteiger charge is -2.23. The van der Waals surface area contributed by atoms with E-state index in [1.54, 1.807) is 7.11 Å². The maximum absolute atomic E-state index is 10.5. The second-order valence-corrected chi connectivity index (χ2v) is 5.19. The van der Waals surface area contributed by atoms with Crippen molar-refractivity contribution in [1.29, 1.82) is 0 Å². The fourth-order valence-corrected chi connectivity index (χ4v) is 2.60. The van der Waals surface area contributed by atoms with Gasteiger partial charge >= 0.3 is 0 Å². The van der Waals surface area contributed by atoms with Crippen LogP contribution >= 0.6 is 8.46 Å². The van der Waals surface area contributed by atoms with Gasteiger partial charge < -0.3 is 18.9 Å². The fourth-order valence-electron chi connectivity index (χ4n) is 2.24. The van der Waals surface area contributed by atoms with Gasteiger partial charge in [-0.05, 0) is 20.3 Å². The first-order chi connectivity index (χ1) is 7.57. The molecule has 0 aliphatic carbocycles. The van der Waals surface area contributed by atoms with Gasteiger partial charge in [0.2, 0.25) is 0 Å². The third-order valence-corrected chi connectivity index (χ3v) is 3.29. The predicted molar refractivity (Wildman–Crippen MR) is 56.6 cm³/mol. The van der Waals surface area contributed by atoms with Crippen LogP contribution in [0.4, 0.5) is 0 Å². The van der Waals surface area contributed by atoms with Gasteiger partial charge in [-0.3, -0.25) is 4.57 Å². The quantitative estimate of drug-likeness (QED) is 0.707. The normalized spacial score (nSPS) is 41.4. The molecule has 0 N–H and O–H groups in total. The van der Waals surface area contributed by atoms with Crippen LogP contribution in [0.2, 0.25) is 0 Å². The summed E-state index contributed by atoms with van der Waals surface area (Å²) in [4.78, 5) is 0. The standard InChI is InChI=1S/C10H17O5P/c1-10(2)14-7-6(4-5-16-11)13-9(12-3)8(7)15-10/h6-9H,4-5H2,1-3H3/t6-,7-,8-,9?/m1/s1. The highest BCUT2D eigenvalue weighted by Gasteiger charge is 2.55. The van der Waals surface area contributed by atoms with Crippen LogP contribution in [0.5, 0.6) is 0 Å². The molecule has 0 aromatic heterocycles. The molecule has 0 bridgehead atoms. The molecule has 2 heterocycles. The Morgan fingerprint density at radius 1 is 1.31 bits per heavy atom. The molecule has 4 atom stereocenters. The summed E-state index contributed by atoms with van der Waals surface area (Å²) < 4.78 is 32.9. The van der Waals surface area contributed by atoms with Crippen LogP contribution in [0, 0.1) is 0 Å². The lowest BCUT2D eigenvalue weighted by Crippen LogP contribution is -2.30. The molecule has 2 fully saturated rings. The van der Waals surface area contributed by atoms with Crippen LogP contribution in [0.1, 0.15) is 20.3 Å². The lowest BCUT2D eigenvalue weighted by molar-refractivity contribution is -0.227. The second-order valence-electron chi connectivity index (χ2n) is 4.48. The highest BCUT2D eigenvalue weighted by atomic mass is 31.1. The van der Waals surface area contributed by atoms with Crippen molar-refractivity contribution in [3.05, 3.63) is 0 Å². The molecule has 2 aliphatic rings. The molecule has 0 amide bonds. The van der Waals surface area contributed by atoms with E-state index in [1.807, 2.05) is 13.8 Å². The zero-order valence-corrected chi connectivity index (χ0v) is 10.6. The van der Waals surface area contributed by atoms with Gasteiger partial charge in [-0.1, -0.05) is 0 Å². The monoisotopic (exact) mass is 248 g/mol. The summed E-state index contributed by atoms with van der Waals surface area (Å²) in [5, 5.41) is 0. The molecule has 92 valence electrons. The smallest absolute Gasteiger partial charge is 0.186 e. The summed E-state index contributed by atoms with van der Waals surface area (Å²) in [5.74, 6) is -0.594. The van der Waals surface area contributed by atoms with Crippen molar-refractivity contribution in [3.63, 3.8) is 0 Å². The molecule has 0 aromatic rings. The third-order valence-electron chi connectivity index (χ3n) is 2.84. The SMILES string of the molecule is COC1O[C@H](CCP=O)[C@H]2OC(C)(C)O[C@@H]12. The van der Waals surface area contributed by atoms with E-state index in [0.717, 1.165) is 0 Å². The Kier molecular flexibility index (Phi) is 3.62. The van der Waals surface area contributed by atoms with Crippen LogP contribution in [-0.2, 0) is 23.5 Å². The van der Waals surface area contributed by atoms with Gasteiger partial charge in [0.15, 0.2) is 20.5 Å². The largest absolute Gasteiger partial charge is 0.353 e. The number of hydrogen-bond donors (Lipinski definition) is 0. The van der Waals surface area contributed by atoms with E-state index in [2.05, 4.69) is 0 Å². The van der Waals surface area contributed by atoms with Crippen molar-refractivity contribution in [3.8, 4) is 0 Å². The maximum Gasteiger partial charge on any atom is 0.186 e. The Balaban J connectivity index is 2.04. The number of hydrogen-bond acceptors (Lipinski definition) is 5. The molecule has 5 nitrogen and oxygen atoms in total. The molecule has 16 heavy (non-hydrogen) atoms. The minimum atomic E-state index is -0.594. The molecule has 1 unspecified atom stereocenters. The van der Waals surface area contributed by atoms with E-state index in [1.165, 1.54) is 0 Å². The van der Waals surface area contributed by atoms with Gasteiger partial charge in [-0.2, -0.15) is 0 Å². The van der Waals surface area contributed by atoms with Crippen molar-refractivity contribution in [2.24, 2.45) is 0 Å². The molecule has 0 aromatic carbocycles. The van der Waals surface area contributed by atoms with Gasteiger partial charge in [-0.15, -0.1) is 0 Å². The average Bonchev–Trinajstić information content (AvgIpc) is 2.69. The topological polar surface area (TPSA) is 54.0 Å². The highest BCUT2D eigenvalue weighted by Crippen LogP contribution is 2.39. The number of ether oxygens (including phenoxy) is 4. The molecule has 6 heteroatoms. The van der Waals surface area contributed by atoms with E-state index in [0.29, 0.717) is 12.6 Å². The van der Waals surface area contributed by atoms with Crippen LogP contribution in [0.3, 0.4) is 0 Å². The van der Waals surface area contributed by atoms with Crippen molar-refractivity contribution in [1.82, 2.24) is 0 Å². The van der Waals surface area contributed by atoms with Crippen LogP contribution in [-0.4, -0.2) is 43.7 Å². The summed E-state index contributed by atoms with van der Waals surface area (Å²) >= 11 is 0. The zero-order chi connectivity index (χ0) is 11.8. The second kappa shape index (κ2) is 4.67. The minimum absolute atomic E-state index is 0.0989. The van der Waals surface area contributed by atoms with E-state index < -0.39 is 5.79 Å². The molecule has 0 radical (unpaired) electrons. The van der Waals surface area contributed by atoms with Crippen LogP contribution < -0.4 is 0 Å². The Bertz CT molecular complexity index is 270. The summed E-state index contributed by atoms with van der Waals surface area (Å²) in [6.45, 7) is 3.75. The zero-order valence-electron chi connectivity index (χ0n) is 9.71. The van der Waals surface area contributed by atoms with E-state index in [4.69, 9.17) is 18.9 Å². The predicted octanol–water partition coefficient (Wildman–Crippen LogP) is 1.56. The lowest BCUT2D eigenvalue weighted by atomic mass is 10.1. The highest BCUT2D eigenvalue weighted by molar-refractivity contribution is 7.23. The van der Waals surface area contributed by atoms with Gasteiger partial charge in [0.05, 0.1) is 6.10 Å². The Morgan fingerprint density at radius 3 is 2.62 bits per heavy atom. The number of fused-ring (bicyclic) bond motifs is 1. The maximum atomic E-state index is 10.5. The van der Waals surface area contributed by atoms with Crippen LogP contribution in [0.15, 0.2) is 0 Å². The fraction of sp³-hybridized carbons (Fsp3) is 1.00. The third kappa shape index (κ3) is 2.29. The van der Waals surface area contributed by atoms with Crippen LogP contribution in [0.25, 0.3) is 0 Å². The van der Waals surface area contributed by atoms with Gasteiger partial charge in [0.25, 0.3) is 0 Å². The van der Waals surface area contributed by atoms with Crippen molar-refractivity contribution in [2.75, 3.05) is 13.3 Å². The van der Waals surface area contributed by atoms with Gasteiger partial charge in [0, 0.05) is 13.3 Å². The Hall–Kier alpha value is -0.0600. The molecule has 0 saturated carbocycles. The average molecular weight is 248 g/mol. The molecular weight excluding hydrogens is 231 g/mol. The number of rotatable bonds is 4. The summed E-state index contributed by atoms with van der Waals surface area (Å²) in [7, 11) is 1.72. The Morgan fingerprint density at radius 2 is 2.00 bits per heavy atom. The van der Waals surface area contributed by atoms with E-state index >= 15 is 0 Å². The summed E-state index contributed by atoms with van der Waals surface area (Å²) in [5.41, 5.74) is 0. The van der Waals surface area contributed by atoms with E-state index in [9.17, 15) is 4.57 Å². The molecule has 2 aliphatic heterocycles. The van der Waals surface area contributed by atoms with Gasteiger partial charge in [0.1, 0.15) is 12.2 Å². The number of methoxy groups -OCH3 is 1. The first kappa shape index (κ1) is 12.4. The summed E-state index contributed by atoms with van der Waals surface area (Å²) in [6.07, 6.45) is 0.452. The molecule has 2 rings (SSSR count). The minimum Gasteiger partial charge on any atom is -0.353 e. The molecule has 2 saturated heterocycles. The first-order valence-electron chi connectivity index (χ1n) is 5.40. The van der Waals surface area contributed by atoms with Crippen molar-refractivity contribution in [2.45, 2.75) is 50.7 Å². The molecular formula is C10H17O5P. The van der Waals surface area contributed by atoms with E-state index in [-0.39, 0.29) is 33.1 Å².